The Balaban J connectivity index is 1.65. The number of aromatic nitrogens is 4. The van der Waals surface area contributed by atoms with Gasteiger partial charge >= 0.3 is 0 Å². The number of nitrogens with one attached hydrogen (secondary N) is 2. The average Bonchev–Trinajstić information content (AvgIpc) is 3.38. The Bertz CT molecular complexity index is 1040. The highest BCUT2D eigenvalue weighted by atomic mass is 19.1. The number of hydrogen-bond donors (Lipinski definition) is 2. The number of carbonyl (C=O) groups is 2. The Labute approximate surface area is 179 Å². The van der Waals surface area contributed by atoms with Crippen LogP contribution in [0.5, 0.6) is 5.75 Å². The van der Waals surface area contributed by atoms with Gasteiger partial charge in [-0.3, -0.25) is 14.3 Å². The predicted octanol–water partition coefficient (Wildman–Crippen LogP) is 2.91. The van der Waals surface area contributed by atoms with Gasteiger partial charge in [0.15, 0.2) is 18.1 Å². The van der Waals surface area contributed by atoms with Crippen molar-refractivity contribution in [1.82, 2.24) is 24.9 Å². The molecule has 1 aromatic carbocycles. The lowest BCUT2D eigenvalue weighted by molar-refractivity contribution is 0.0944. The predicted molar refractivity (Wildman–Crippen MR) is 112 cm³/mol. The van der Waals surface area contributed by atoms with Crippen molar-refractivity contribution >= 4 is 17.5 Å². The van der Waals surface area contributed by atoms with Crippen LogP contribution in [0.2, 0.25) is 0 Å². The molecule has 0 saturated heterocycles. The lowest BCUT2D eigenvalue weighted by Gasteiger charge is -2.08. The summed E-state index contributed by atoms with van der Waals surface area (Å²) in [6, 6.07) is 7.13. The summed E-state index contributed by atoms with van der Waals surface area (Å²) in [7, 11) is 0. The van der Waals surface area contributed by atoms with Crippen molar-refractivity contribution in [1.29, 1.82) is 0 Å². The largest absolute Gasteiger partial charge is 0.471 e. The van der Waals surface area contributed by atoms with Crippen molar-refractivity contribution in [3.05, 3.63) is 59.9 Å². The van der Waals surface area contributed by atoms with Gasteiger partial charge in [-0.25, -0.2) is 9.07 Å². The van der Waals surface area contributed by atoms with Crippen LogP contribution in [0.1, 0.15) is 41.7 Å². The summed E-state index contributed by atoms with van der Waals surface area (Å²) in [6.07, 6.45) is 3.20. The van der Waals surface area contributed by atoms with Crippen LogP contribution in [0.3, 0.4) is 0 Å². The van der Waals surface area contributed by atoms with Gasteiger partial charge < -0.3 is 15.4 Å². The first-order chi connectivity index (χ1) is 14.9. The van der Waals surface area contributed by atoms with E-state index >= 15 is 0 Å². The van der Waals surface area contributed by atoms with Crippen molar-refractivity contribution in [3.8, 4) is 5.75 Å². The zero-order valence-corrected chi connectivity index (χ0v) is 17.6. The fraction of sp³-hybridized carbons (Fsp3) is 0.333. The summed E-state index contributed by atoms with van der Waals surface area (Å²) in [4.78, 5) is 25.1. The molecule has 164 valence electrons. The van der Waals surface area contributed by atoms with Gasteiger partial charge in [0, 0.05) is 25.5 Å². The Morgan fingerprint density at radius 3 is 2.52 bits per heavy atom. The molecular weight excluding hydrogens is 403 g/mol. The van der Waals surface area contributed by atoms with E-state index in [1.54, 1.807) is 17.1 Å². The summed E-state index contributed by atoms with van der Waals surface area (Å²) in [5, 5.41) is 13.9. The number of ether oxygens (including phenoxy) is 1. The zero-order chi connectivity index (χ0) is 22.4. The van der Waals surface area contributed by atoms with Crippen LogP contribution >= 0.6 is 0 Å². The molecule has 0 saturated carbocycles. The number of anilines is 1. The molecule has 0 radical (unpaired) electrons. The summed E-state index contributed by atoms with van der Waals surface area (Å²) < 4.78 is 21.5. The molecule has 0 bridgehead atoms. The monoisotopic (exact) mass is 428 g/mol. The van der Waals surface area contributed by atoms with E-state index in [0.717, 1.165) is 0 Å². The van der Waals surface area contributed by atoms with E-state index in [9.17, 15) is 14.0 Å². The molecule has 0 unspecified atom stereocenters. The van der Waals surface area contributed by atoms with E-state index in [1.807, 2.05) is 20.8 Å². The topological polar surface area (TPSA) is 103 Å². The maximum absolute atomic E-state index is 13.0. The van der Waals surface area contributed by atoms with Gasteiger partial charge in [0.2, 0.25) is 0 Å². The third-order valence-electron chi connectivity index (χ3n) is 4.27. The summed E-state index contributed by atoms with van der Waals surface area (Å²) >= 11 is 0. The number of rotatable bonds is 9. The number of halogens is 1. The highest BCUT2D eigenvalue weighted by molar-refractivity contribution is 6.07. The zero-order valence-electron chi connectivity index (χ0n) is 17.6. The average molecular weight is 428 g/mol. The molecule has 10 heteroatoms. The maximum atomic E-state index is 13.0. The van der Waals surface area contributed by atoms with Crippen molar-refractivity contribution in [2.45, 2.75) is 34.0 Å². The van der Waals surface area contributed by atoms with E-state index < -0.39 is 5.91 Å². The molecule has 0 atom stereocenters. The molecule has 3 aromatic rings. The molecule has 0 fully saturated rings. The molecule has 2 heterocycles. The summed E-state index contributed by atoms with van der Waals surface area (Å²) in [5.41, 5.74) is 0.612. The van der Waals surface area contributed by atoms with Crippen molar-refractivity contribution < 1.29 is 18.7 Å². The molecule has 0 aliphatic rings. The molecule has 0 spiro atoms. The van der Waals surface area contributed by atoms with Gasteiger partial charge in [0.1, 0.15) is 11.6 Å². The van der Waals surface area contributed by atoms with E-state index in [-0.39, 0.29) is 35.8 Å². The van der Waals surface area contributed by atoms with E-state index in [2.05, 4.69) is 20.8 Å². The lowest BCUT2D eigenvalue weighted by atomic mass is 10.2. The minimum absolute atomic E-state index is 0.0511. The van der Waals surface area contributed by atoms with Crippen LogP contribution < -0.4 is 15.4 Å². The molecule has 2 N–H and O–H groups in total. The van der Waals surface area contributed by atoms with E-state index in [0.29, 0.717) is 24.5 Å². The van der Waals surface area contributed by atoms with Crippen LogP contribution in [0, 0.1) is 11.7 Å². The van der Waals surface area contributed by atoms with Gasteiger partial charge in [-0.15, -0.1) is 0 Å². The third-order valence-corrected chi connectivity index (χ3v) is 4.27. The molecule has 9 nitrogen and oxygen atoms in total. The third kappa shape index (κ3) is 5.91. The Morgan fingerprint density at radius 2 is 1.84 bits per heavy atom. The number of amides is 2. The highest BCUT2D eigenvalue weighted by Crippen LogP contribution is 2.16. The van der Waals surface area contributed by atoms with Gasteiger partial charge in [0.05, 0.1) is 5.69 Å². The summed E-state index contributed by atoms with van der Waals surface area (Å²) in [5.74, 6) is -0.416. The Kier molecular flexibility index (Phi) is 7.01. The minimum atomic E-state index is -0.478. The smallest absolute Gasteiger partial charge is 0.276 e. The molecule has 0 aliphatic carbocycles. The molecule has 0 aliphatic heterocycles. The second-order valence-corrected chi connectivity index (χ2v) is 7.27. The number of carbonyl (C=O) groups excluding carboxylic acids is 2. The standard InChI is InChI=1S/C21H25FN6O3/c1-4-27-12-18(19(26-27)21(30)23-11-14(2)3)24-20(29)17-9-10-28(25-17)13-31-16-7-5-15(22)6-8-16/h5-10,12,14H,4,11,13H2,1-3H3,(H,23,30)(H,24,29). The highest BCUT2D eigenvalue weighted by Gasteiger charge is 2.20. The maximum Gasteiger partial charge on any atom is 0.276 e. The molecule has 2 amide bonds. The van der Waals surface area contributed by atoms with Crippen LogP contribution in [-0.2, 0) is 13.3 Å². The van der Waals surface area contributed by atoms with Crippen molar-refractivity contribution in [2.75, 3.05) is 11.9 Å². The molecular formula is C21H25FN6O3. The number of nitrogens with zero attached hydrogens (tertiary/aromatic N) is 4. The van der Waals surface area contributed by atoms with Gasteiger partial charge in [-0.05, 0) is 43.2 Å². The quantitative estimate of drug-likeness (QED) is 0.546. The lowest BCUT2D eigenvalue weighted by Crippen LogP contribution is -2.28. The summed E-state index contributed by atoms with van der Waals surface area (Å²) in [6.45, 7) is 6.97. The van der Waals surface area contributed by atoms with Crippen LogP contribution in [0.25, 0.3) is 0 Å². The van der Waals surface area contributed by atoms with E-state index in [1.165, 1.54) is 35.0 Å². The van der Waals surface area contributed by atoms with Crippen LogP contribution in [0.4, 0.5) is 10.1 Å². The first-order valence-corrected chi connectivity index (χ1v) is 9.94. The van der Waals surface area contributed by atoms with Gasteiger partial charge in [-0.2, -0.15) is 10.2 Å². The number of hydrogen-bond acceptors (Lipinski definition) is 5. The SMILES string of the molecule is CCn1cc(NC(=O)c2ccn(COc3ccc(F)cc3)n2)c(C(=O)NCC(C)C)n1. The van der Waals surface area contributed by atoms with Crippen LogP contribution in [0.15, 0.2) is 42.7 Å². The molecule has 2 aromatic heterocycles. The molecule has 31 heavy (non-hydrogen) atoms. The fourth-order valence-corrected chi connectivity index (χ4v) is 2.64. The van der Waals surface area contributed by atoms with Crippen molar-refractivity contribution in [3.63, 3.8) is 0 Å². The van der Waals surface area contributed by atoms with E-state index in [4.69, 9.17) is 4.74 Å². The van der Waals surface area contributed by atoms with Gasteiger partial charge in [-0.1, -0.05) is 13.8 Å². The Morgan fingerprint density at radius 1 is 1.10 bits per heavy atom. The van der Waals surface area contributed by atoms with Gasteiger partial charge in [0.25, 0.3) is 11.8 Å². The second-order valence-electron chi connectivity index (χ2n) is 7.27. The molecule has 3 rings (SSSR count). The number of benzene rings is 1. The first kappa shape index (κ1) is 22.0. The fourth-order valence-electron chi connectivity index (χ4n) is 2.64. The normalized spacial score (nSPS) is 10.9. The van der Waals surface area contributed by atoms with Crippen LogP contribution in [-0.4, -0.2) is 37.9 Å². The first-order valence-electron chi connectivity index (χ1n) is 9.94. The number of aryl methyl sites for hydroxylation is 1. The Hall–Kier alpha value is -3.69. The van der Waals surface area contributed by atoms with Crippen molar-refractivity contribution in [2.24, 2.45) is 5.92 Å². The second kappa shape index (κ2) is 9.88. The minimum Gasteiger partial charge on any atom is -0.471 e.